The molecule has 0 aliphatic heterocycles. The number of H-pyrrole nitrogens is 1. The zero-order chi connectivity index (χ0) is 15.0. The van der Waals surface area contributed by atoms with E-state index in [1.54, 1.807) is 6.20 Å². The number of hydrogen-bond acceptors (Lipinski definition) is 4. The molecule has 0 saturated carbocycles. The molecule has 0 saturated heterocycles. The van der Waals surface area contributed by atoms with Gasteiger partial charge in [0.2, 0.25) is 5.95 Å². The van der Waals surface area contributed by atoms with Crippen LogP contribution in [0.4, 0.5) is 10.7 Å². The normalized spacial score (nSPS) is 14.8. The summed E-state index contributed by atoms with van der Waals surface area (Å²) in [5.41, 5.74) is 3.56. The highest BCUT2D eigenvalue weighted by molar-refractivity contribution is 5.87. The van der Waals surface area contributed by atoms with Crippen molar-refractivity contribution in [2.45, 2.75) is 52.1 Å². The molecule has 0 fully saturated rings. The third-order valence-electron chi connectivity index (χ3n) is 3.43. The summed E-state index contributed by atoms with van der Waals surface area (Å²) in [5, 5.41) is 2.64. The molecule has 21 heavy (non-hydrogen) atoms. The fourth-order valence-corrected chi connectivity index (χ4v) is 2.60. The number of anilines is 1. The number of imidazole rings is 1. The maximum absolute atomic E-state index is 11.8. The van der Waals surface area contributed by atoms with Gasteiger partial charge >= 0.3 is 6.09 Å². The predicted molar refractivity (Wildman–Crippen MR) is 80.4 cm³/mol. The van der Waals surface area contributed by atoms with Crippen LogP contribution in [0.15, 0.2) is 6.20 Å². The van der Waals surface area contributed by atoms with E-state index in [0.717, 1.165) is 36.0 Å². The van der Waals surface area contributed by atoms with Gasteiger partial charge in [0, 0.05) is 11.3 Å². The monoisotopic (exact) mass is 288 g/mol. The molecule has 1 aliphatic rings. The number of pyridine rings is 1. The van der Waals surface area contributed by atoms with Crippen LogP contribution in [0.5, 0.6) is 0 Å². The van der Waals surface area contributed by atoms with Gasteiger partial charge in [-0.2, -0.15) is 0 Å². The van der Waals surface area contributed by atoms with Crippen molar-refractivity contribution < 1.29 is 9.53 Å². The molecule has 6 heteroatoms. The van der Waals surface area contributed by atoms with Crippen molar-refractivity contribution in [1.29, 1.82) is 0 Å². The Bertz CT molecular complexity index is 685. The Morgan fingerprint density at radius 1 is 1.33 bits per heavy atom. The molecular weight excluding hydrogens is 268 g/mol. The molecule has 2 heterocycles. The summed E-state index contributed by atoms with van der Waals surface area (Å²) >= 11 is 0. The maximum atomic E-state index is 11.8. The Morgan fingerprint density at radius 3 is 2.86 bits per heavy atom. The minimum atomic E-state index is -0.531. The van der Waals surface area contributed by atoms with Crippen LogP contribution < -0.4 is 5.32 Å². The zero-order valence-electron chi connectivity index (χ0n) is 12.6. The minimum absolute atomic E-state index is 0.403. The van der Waals surface area contributed by atoms with E-state index in [1.807, 2.05) is 20.8 Å². The first-order chi connectivity index (χ1) is 9.92. The number of aryl methyl sites for hydroxylation is 2. The van der Waals surface area contributed by atoms with E-state index in [2.05, 4.69) is 20.3 Å². The van der Waals surface area contributed by atoms with Gasteiger partial charge in [0.05, 0.1) is 17.2 Å². The number of fused-ring (bicyclic) bond motifs is 3. The van der Waals surface area contributed by atoms with Crippen molar-refractivity contribution in [3.63, 3.8) is 0 Å². The highest BCUT2D eigenvalue weighted by Gasteiger charge is 2.19. The van der Waals surface area contributed by atoms with Gasteiger partial charge in [-0.15, -0.1) is 0 Å². The average Bonchev–Trinajstić information content (AvgIpc) is 2.79. The van der Waals surface area contributed by atoms with Crippen molar-refractivity contribution in [2.75, 3.05) is 5.32 Å². The number of amides is 1. The third-order valence-corrected chi connectivity index (χ3v) is 3.43. The number of rotatable bonds is 1. The first kappa shape index (κ1) is 13.9. The van der Waals surface area contributed by atoms with E-state index in [-0.39, 0.29) is 0 Å². The second kappa shape index (κ2) is 5.02. The molecule has 0 atom stereocenters. The van der Waals surface area contributed by atoms with Crippen LogP contribution in [-0.2, 0) is 17.6 Å². The standard InChI is InChI=1S/C15H20N4O2/c1-15(2,3)21-14(20)19-13-17-11-8-16-10-7-5-4-6-9(10)12(11)18-13/h8H,4-7H2,1-3H3,(H2,17,18,19,20). The Kier molecular flexibility index (Phi) is 3.31. The highest BCUT2D eigenvalue weighted by atomic mass is 16.6. The molecule has 0 spiro atoms. The lowest BCUT2D eigenvalue weighted by Gasteiger charge is -2.18. The summed E-state index contributed by atoms with van der Waals surface area (Å²) < 4.78 is 5.22. The maximum Gasteiger partial charge on any atom is 0.414 e. The minimum Gasteiger partial charge on any atom is -0.444 e. The summed E-state index contributed by atoms with van der Waals surface area (Å²) in [6, 6.07) is 0. The van der Waals surface area contributed by atoms with E-state index in [1.165, 1.54) is 12.0 Å². The number of hydrogen-bond donors (Lipinski definition) is 2. The number of carbonyl (C=O) groups excluding carboxylic acids is 1. The van der Waals surface area contributed by atoms with Crippen molar-refractivity contribution in [3.05, 3.63) is 17.5 Å². The van der Waals surface area contributed by atoms with E-state index in [0.29, 0.717) is 5.95 Å². The van der Waals surface area contributed by atoms with E-state index in [9.17, 15) is 4.79 Å². The molecule has 112 valence electrons. The van der Waals surface area contributed by atoms with Crippen molar-refractivity contribution in [2.24, 2.45) is 0 Å². The van der Waals surface area contributed by atoms with E-state index < -0.39 is 11.7 Å². The van der Waals surface area contributed by atoms with Gasteiger partial charge in [-0.05, 0) is 46.5 Å². The average molecular weight is 288 g/mol. The topological polar surface area (TPSA) is 79.9 Å². The van der Waals surface area contributed by atoms with Gasteiger partial charge in [-0.25, -0.2) is 9.78 Å². The van der Waals surface area contributed by atoms with Gasteiger partial charge < -0.3 is 9.72 Å². The highest BCUT2D eigenvalue weighted by Crippen LogP contribution is 2.26. The van der Waals surface area contributed by atoms with Crippen molar-refractivity contribution in [3.8, 4) is 0 Å². The largest absolute Gasteiger partial charge is 0.444 e. The summed E-state index contributed by atoms with van der Waals surface area (Å²) in [7, 11) is 0. The molecule has 1 aliphatic carbocycles. The van der Waals surface area contributed by atoms with E-state index >= 15 is 0 Å². The van der Waals surface area contributed by atoms with Crippen molar-refractivity contribution >= 4 is 23.1 Å². The van der Waals surface area contributed by atoms with Crippen LogP contribution in [0.3, 0.4) is 0 Å². The zero-order valence-corrected chi connectivity index (χ0v) is 12.6. The summed E-state index contributed by atoms with van der Waals surface area (Å²) in [5.74, 6) is 0.403. The molecule has 2 N–H and O–H groups in total. The second-order valence-corrected chi connectivity index (χ2v) is 6.37. The molecular formula is C15H20N4O2. The number of aromatic nitrogens is 3. The predicted octanol–water partition coefficient (Wildman–Crippen LogP) is 3.18. The van der Waals surface area contributed by atoms with Gasteiger partial charge in [-0.3, -0.25) is 10.3 Å². The van der Waals surface area contributed by atoms with Crippen molar-refractivity contribution in [1.82, 2.24) is 15.0 Å². The summed E-state index contributed by atoms with van der Waals surface area (Å²) in [6.45, 7) is 5.47. The number of ether oxygens (including phenoxy) is 1. The Hall–Kier alpha value is -2.11. The van der Waals surface area contributed by atoms with Gasteiger partial charge in [0.25, 0.3) is 0 Å². The molecule has 0 aromatic carbocycles. The van der Waals surface area contributed by atoms with Crippen LogP contribution in [0.25, 0.3) is 11.0 Å². The lowest BCUT2D eigenvalue weighted by molar-refractivity contribution is 0.0635. The molecule has 3 rings (SSSR count). The number of nitrogens with zero attached hydrogens (tertiary/aromatic N) is 2. The third kappa shape index (κ3) is 2.99. The van der Waals surface area contributed by atoms with Crippen LogP contribution in [0.1, 0.15) is 44.9 Å². The van der Waals surface area contributed by atoms with Gasteiger partial charge in [0.15, 0.2) is 0 Å². The Labute approximate surface area is 123 Å². The van der Waals surface area contributed by atoms with Gasteiger partial charge in [-0.1, -0.05) is 0 Å². The molecule has 2 aromatic rings. The van der Waals surface area contributed by atoms with Crippen LogP contribution in [0, 0.1) is 0 Å². The fraction of sp³-hybridized carbons (Fsp3) is 0.533. The van der Waals surface area contributed by atoms with Crippen LogP contribution >= 0.6 is 0 Å². The molecule has 6 nitrogen and oxygen atoms in total. The number of nitrogens with one attached hydrogen (secondary N) is 2. The number of carbonyl (C=O) groups is 1. The molecule has 1 amide bonds. The summed E-state index contributed by atoms with van der Waals surface area (Å²) in [6.07, 6.45) is 5.62. The van der Waals surface area contributed by atoms with Crippen LogP contribution in [0.2, 0.25) is 0 Å². The lowest BCUT2D eigenvalue weighted by atomic mass is 9.95. The quantitative estimate of drug-likeness (QED) is 0.844. The number of aromatic amines is 1. The smallest absolute Gasteiger partial charge is 0.414 e. The first-order valence-corrected chi connectivity index (χ1v) is 7.29. The van der Waals surface area contributed by atoms with Crippen LogP contribution in [-0.4, -0.2) is 26.6 Å². The first-order valence-electron chi connectivity index (χ1n) is 7.29. The van der Waals surface area contributed by atoms with E-state index in [4.69, 9.17) is 4.74 Å². The SMILES string of the molecule is CC(C)(C)OC(=O)Nc1nc2c3c(ncc2[nH]1)CCCC3. The Balaban J connectivity index is 1.86. The molecule has 2 aromatic heterocycles. The van der Waals surface area contributed by atoms with Gasteiger partial charge in [0.1, 0.15) is 5.60 Å². The lowest BCUT2D eigenvalue weighted by Crippen LogP contribution is -2.27. The summed E-state index contributed by atoms with van der Waals surface area (Å²) in [4.78, 5) is 23.8. The Morgan fingerprint density at radius 2 is 2.10 bits per heavy atom. The fourth-order valence-electron chi connectivity index (χ4n) is 2.60. The second-order valence-electron chi connectivity index (χ2n) is 6.37. The molecule has 0 radical (unpaired) electrons. The molecule has 0 unspecified atom stereocenters. The molecule has 0 bridgehead atoms.